The predicted molar refractivity (Wildman–Crippen MR) is 51.4 cm³/mol. The van der Waals surface area contributed by atoms with Gasteiger partial charge in [0, 0.05) is 25.3 Å². The summed E-state index contributed by atoms with van der Waals surface area (Å²) in [5.41, 5.74) is 0. The number of hydrogen-bond donors (Lipinski definition) is 2. The standard InChI is InChI=1S/C8H14N4O/c9-4-1-5-10-8-2-6-12(11-13)7-3-8/h1,4-5,8-10H,2-3,6-7H2/b5-1-,9-4?. The molecule has 1 heterocycles. The first kappa shape index (κ1) is 9.70. The number of hydrogen-bond acceptors (Lipinski definition) is 4. The van der Waals surface area contributed by atoms with Crippen molar-refractivity contribution in [1.29, 1.82) is 5.41 Å². The van der Waals surface area contributed by atoms with E-state index in [1.54, 1.807) is 17.3 Å². The van der Waals surface area contributed by atoms with Gasteiger partial charge in [-0.1, -0.05) is 0 Å². The molecular weight excluding hydrogens is 168 g/mol. The van der Waals surface area contributed by atoms with Crippen LogP contribution in [0.3, 0.4) is 0 Å². The minimum absolute atomic E-state index is 0.411. The van der Waals surface area contributed by atoms with Crippen LogP contribution in [0.4, 0.5) is 0 Å². The van der Waals surface area contributed by atoms with E-state index in [1.165, 1.54) is 6.21 Å². The Morgan fingerprint density at radius 3 is 2.69 bits per heavy atom. The van der Waals surface area contributed by atoms with Crippen LogP contribution in [0.15, 0.2) is 17.6 Å². The quantitative estimate of drug-likeness (QED) is 0.501. The van der Waals surface area contributed by atoms with E-state index >= 15 is 0 Å². The molecule has 13 heavy (non-hydrogen) atoms. The van der Waals surface area contributed by atoms with Crippen molar-refractivity contribution in [2.75, 3.05) is 13.1 Å². The summed E-state index contributed by atoms with van der Waals surface area (Å²) in [4.78, 5) is 10.1. The van der Waals surface area contributed by atoms with Crippen LogP contribution in [-0.2, 0) is 0 Å². The van der Waals surface area contributed by atoms with E-state index in [-0.39, 0.29) is 0 Å². The second kappa shape index (κ2) is 5.29. The minimum atomic E-state index is 0.411. The lowest BCUT2D eigenvalue weighted by atomic mass is 10.1. The van der Waals surface area contributed by atoms with Gasteiger partial charge in [-0.25, -0.2) is 0 Å². The van der Waals surface area contributed by atoms with Crippen LogP contribution in [0.1, 0.15) is 12.8 Å². The summed E-state index contributed by atoms with van der Waals surface area (Å²) in [7, 11) is 0. The average molecular weight is 182 g/mol. The molecule has 1 aliphatic heterocycles. The zero-order chi connectivity index (χ0) is 9.52. The smallest absolute Gasteiger partial charge is 0.0523 e. The van der Waals surface area contributed by atoms with Gasteiger partial charge >= 0.3 is 0 Å². The number of allylic oxidation sites excluding steroid dienone is 1. The molecule has 5 heteroatoms. The van der Waals surface area contributed by atoms with E-state index in [1.807, 2.05) is 0 Å². The maximum absolute atomic E-state index is 10.1. The second-order valence-electron chi connectivity index (χ2n) is 3.00. The van der Waals surface area contributed by atoms with Crippen LogP contribution in [0.25, 0.3) is 0 Å². The van der Waals surface area contributed by atoms with E-state index < -0.39 is 0 Å². The van der Waals surface area contributed by atoms with Crippen molar-refractivity contribution in [3.05, 3.63) is 17.2 Å². The fraction of sp³-hybridized carbons (Fsp3) is 0.625. The number of nitrogens with one attached hydrogen (secondary N) is 2. The van der Waals surface area contributed by atoms with Gasteiger partial charge < -0.3 is 10.7 Å². The summed E-state index contributed by atoms with van der Waals surface area (Å²) >= 11 is 0. The molecule has 0 amide bonds. The summed E-state index contributed by atoms with van der Waals surface area (Å²) in [5, 5.41) is 14.4. The second-order valence-corrected chi connectivity index (χ2v) is 3.00. The molecular formula is C8H14N4O. The molecule has 0 aromatic heterocycles. The van der Waals surface area contributed by atoms with Crippen LogP contribution in [-0.4, -0.2) is 30.4 Å². The van der Waals surface area contributed by atoms with Crippen molar-refractivity contribution in [1.82, 2.24) is 10.3 Å². The minimum Gasteiger partial charge on any atom is -0.388 e. The van der Waals surface area contributed by atoms with Crippen LogP contribution < -0.4 is 5.32 Å². The van der Waals surface area contributed by atoms with Gasteiger partial charge in [-0.2, -0.15) is 0 Å². The Morgan fingerprint density at radius 2 is 2.15 bits per heavy atom. The topological polar surface area (TPSA) is 68.6 Å². The van der Waals surface area contributed by atoms with Crippen molar-refractivity contribution in [2.24, 2.45) is 5.29 Å². The molecule has 1 saturated heterocycles. The maximum Gasteiger partial charge on any atom is 0.0523 e. The Morgan fingerprint density at radius 1 is 1.46 bits per heavy atom. The zero-order valence-electron chi connectivity index (χ0n) is 7.44. The van der Waals surface area contributed by atoms with E-state index in [4.69, 9.17) is 5.41 Å². The van der Waals surface area contributed by atoms with Crippen molar-refractivity contribution in [2.45, 2.75) is 18.9 Å². The van der Waals surface area contributed by atoms with Crippen molar-refractivity contribution >= 4 is 6.21 Å². The van der Waals surface area contributed by atoms with Gasteiger partial charge in [-0.05, 0) is 25.1 Å². The Labute approximate surface area is 77.3 Å². The molecule has 0 aromatic rings. The highest BCUT2D eigenvalue weighted by atomic mass is 16.3. The van der Waals surface area contributed by atoms with Gasteiger partial charge in [0.25, 0.3) is 0 Å². The van der Waals surface area contributed by atoms with E-state index in [0.717, 1.165) is 25.9 Å². The van der Waals surface area contributed by atoms with Crippen LogP contribution in [0.5, 0.6) is 0 Å². The lowest BCUT2D eigenvalue weighted by molar-refractivity contribution is 0.209. The Kier molecular flexibility index (Phi) is 3.95. The Balaban J connectivity index is 2.20. The van der Waals surface area contributed by atoms with Crippen molar-refractivity contribution in [3.63, 3.8) is 0 Å². The number of rotatable bonds is 4. The first-order valence-corrected chi connectivity index (χ1v) is 4.36. The molecule has 72 valence electrons. The van der Waals surface area contributed by atoms with Gasteiger partial charge in [0.1, 0.15) is 0 Å². The molecule has 0 atom stereocenters. The van der Waals surface area contributed by atoms with Gasteiger partial charge in [-0.3, -0.25) is 5.01 Å². The molecule has 5 nitrogen and oxygen atoms in total. The Hall–Kier alpha value is -1.39. The summed E-state index contributed by atoms with van der Waals surface area (Å²) in [5.74, 6) is 0. The number of nitroso groups, excluding NO2 is 1. The lowest BCUT2D eigenvalue weighted by Crippen LogP contribution is -2.38. The first-order chi connectivity index (χ1) is 6.36. The molecule has 0 bridgehead atoms. The highest BCUT2D eigenvalue weighted by molar-refractivity contribution is 5.67. The highest BCUT2D eigenvalue weighted by Gasteiger charge is 2.16. The van der Waals surface area contributed by atoms with Crippen LogP contribution in [0.2, 0.25) is 0 Å². The highest BCUT2D eigenvalue weighted by Crippen LogP contribution is 2.09. The van der Waals surface area contributed by atoms with Gasteiger partial charge in [-0.15, -0.1) is 4.91 Å². The largest absolute Gasteiger partial charge is 0.388 e. The van der Waals surface area contributed by atoms with Crippen molar-refractivity contribution in [3.8, 4) is 0 Å². The summed E-state index contributed by atoms with van der Waals surface area (Å²) in [6.45, 7) is 1.44. The molecule has 1 aliphatic rings. The third-order valence-electron chi connectivity index (χ3n) is 2.11. The zero-order valence-corrected chi connectivity index (χ0v) is 7.44. The molecule has 1 fully saturated rings. The molecule has 2 N–H and O–H groups in total. The van der Waals surface area contributed by atoms with Crippen molar-refractivity contribution < 1.29 is 0 Å². The van der Waals surface area contributed by atoms with Crippen LogP contribution >= 0.6 is 0 Å². The summed E-state index contributed by atoms with van der Waals surface area (Å²) in [6.07, 6.45) is 6.49. The van der Waals surface area contributed by atoms with E-state index in [2.05, 4.69) is 10.6 Å². The number of nitrogens with zero attached hydrogens (tertiary/aromatic N) is 2. The fourth-order valence-corrected chi connectivity index (χ4v) is 1.35. The third kappa shape index (κ3) is 3.23. The molecule has 1 rings (SSSR count). The van der Waals surface area contributed by atoms with Gasteiger partial charge in [0.2, 0.25) is 0 Å². The molecule has 0 aliphatic carbocycles. The average Bonchev–Trinajstić information content (AvgIpc) is 2.19. The monoisotopic (exact) mass is 182 g/mol. The summed E-state index contributed by atoms with van der Waals surface area (Å²) in [6, 6.07) is 0.411. The Bertz CT molecular complexity index is 196. The molecule has 0 spiro atoms. The van der Waals surface area contributed by atoms with Crippen LogP contribution in [0, 0.1) is 10.3 Å². The molecule has 0 aromatic carbocycles. The van der Waals surface area contributed by atoms with Gasteiger partial charge in [0.15, 0.2) is 0 Å². The van der Waals surface area contributed by atoms with E-state index in [9.17, 15) is 4.91 Å². The maximum atomic E-state index is 10.1. The summed E-state index contributed by atoms with van der Waals surface area (Å²) < 4.78 is 0. The normalized spacial score (nSPS) is 18.9. The lowest BCUT2D eigenvalue weighted by Gasteiger charge is -2.27. The van der Waals surface area contributed by atoms with E-state index in [0.29, 0.717) is 6.04 Å². The molecule has 0 radical (unpaired) electrons. The molecule has 0 saturated carbocycles. The fourth-order valence-electron chi connectivity index (χ4n) is 1.35. The first-order valence-electron chi connectivity index (χ1n) is 4.36. The SMILES string of the molecule is N=C/C=C\NC1CCN(N=O)CC1. The van der Waals surface area contributed by atoms with Gasteiger partial charge in [0.05, 0.1) is 5.29 Å². The predicted octanol–water partition coefficient (Wildman–Crippen LogP) is 0.885. The molecule has 0 unspecified atom stereocenters. The third-order valence-corrected chi connectivity index (χ3v) is 2.11. The number of piperidine rings is 1.